The number of allylic oxidation sites excluding steroid dienone is 3. The van der Waals surface area contributed by atoms with Crippen molar-refractivity contribution in [1.82, 2.24) is 0 Å². The monoisotopic (exact) mass is 374 g/mol. The summed E-state index contributed by atoms with van der Waals surface area (Å²) in [5.41, 5.74) is 6.24. The predicted octanol–water partition coefficient (Wildman–Crippen LogP) is 6.17. The molecular formula is C26H30O2. The Morgan fingerprint density at radius 3 is 2.14 bits per heavy atom. The van der Waals surface area contributed by atoms with Crippen LogP contribution >= 0.6 is 0 Å². The summed E-state index contributed by atoms with van der Waals surface area (Å²) in [6.45, 7) is 6.96. The second-order valence-corrected chi connectivity index (χ2v) is 7.75. The van der Waals surface area contributed by atoms with Crippen molar-refractivity contribution in [3.63, 3.8) is 0 Å². The average Bonchev–Trinajstić information content (AvgIpc) is 3.09. The molecule has 28 heavy (non-hydrogen) atoms. The fourth-order valence-electron chi connectivity index (χ4n) is 3.72. The lowest BCUT2D eigenvalue weighted by molar-refractivity contribution is -0.118. The number of aryl methyl sites for hydroxylation is 2. The summed E-state index contributed by atoms with van der Waals surface area (Å²) in [5.74, 6) is 1.62. The molecule has 146 valence electrons. The summed E-state index contributed by atoms with van der Waals surface area (Å²) in [6, 6.07) is 16.4. The number of benzene rings is 2. The maximum atomic E-state index is 12.4. The number of carbonyl (C=O) groups is 1. The molecule has 2 heteroatoms. The molecule has 0 aliphatic heterocycles. The van der Waals surface area contributed by atoms with Crippen LogP contribution in [0.5, 0.6) is 5.75 Å². The Morgan fingerprint density at radius 1 is 0.893 bits per heavy atom. The van der Waals surface area contributed by atoms with Gasteiger partial charge in [-0.3, -0.25) is 4.79 Å². The van der Waals surface area contributed by atoms with E-state index in [0.717, 1.165) is 24.2 Å². The van der Waals surface area contributed by atoms with Gasteiger partial charge in [-0.1, -0.05) is 72.2 Å². The summed E-state index contributed by atoms with van der Waals surface area (Å²) in [7, 11) is 0. The van der Waals surface area contributed by atoms with Crippen molar-refractivity contribution < 1.29 is 9.53 Å². The molecule has 1 aliphatic rings. The Balaban J connectivity index is 1.48. The molecule has 0 amide bonds. The molecule has 0 bridgehead atoms. The van der Waals surface area contributed by atoms with Crippen molar-refractivity contribution >= 4 is 5.78 Å². The maximum absolute atomic E-state index is 12.4. The predicted molar refractivity (Wildman–Crippen MR) is 116 cm³/mol. The minimum atomic E-state index is 0.309. The Hall–Kier alpha value is -2.61. The van der Waals surface area contributed by atoms with Crippen molar-refractivity contribution in [2.45, 2.75) is 46.5 Å². The Morgan fingerprint density at radius 2 is 1.50 bits per heavy atom. The van der Waals surface area contributed by atoms with E-state index < -0.39 is 0 Å². The molecule has 0 heterocycles. The lowest BCUT2D eigenvalue weighted by Crippen LogP contribution is -2.12. The summed E-state index contributed by atoms with van der Waals surface area (Å²) in [4.78, 5) is 12.4. The molecule has 0 N–H and O–H groups in total. The van der Waals surface area contributed by atoms with E-state index in [1.807, 2.05) is 12.1 Å². The fraction of sp³-hybridized carbons (Fsp3) is 0.346. The third-order valence-corrected chi connectivity index (χ3v) is 5.46. The van der Waals surface area contributed by atoms with E-state index in [1.54, 1.807) is 0 Å². The van der Waals surface area contributed by atoms with Crippen molar-refractivity contribution in [2.75, 3.05) is 6.61 Å². The first-order chi connectivity index (χ1) is 13.5. The van der Waals surface area contributed by atoms with Crippen LogP contribution in [0.3, 0.4) is 0 Å². The molecule has 2 nitrogen and oxygen atoms in total. The van der Waals surface area contributed by atoms with Gasteiger partial charge in [-0.15, -0.1) is 0 Å². The molecule has 2 aromatic rings. The quantitative estimate of drug-likeness (QED) is 0.525. The van der Waals surface area contributed by atoms with E-state index in [2.05, 4.69) is 69.3 Å². The van der Waals surface area contributed by atoms with E-state index in [9.17, 15) is 4.79 Å². The van der Waals surface area contributed by atoms with Gasteiger partial charge in [-0.05, 0) is 50.0 Å². The van der Waals surface area contributed by atoms with Crippen molar-refractivity contribution in [3.05, 3.63) is 88.5 Å². The average molecular weight is 375 g/mol. The van der Waals surface area contributed by atoms with Gasteiger partial charge in [0.25, 0.3) is 0 Å². The van der Waals surface area contributed by atoms with E-state index in [4.69, 9.17) is 4.74 Å². The second-order valence-electron chi connectivity index (χ2n) is 7.75. The minimum Gasteiger partial charge on any atom is -0.489 e. The van der Waals surface area contributed by atoms with Gasteiger partial charge >= 0.3 is 0 Å². The first kappa shape index (κ1) is 20.1. The molecule has 0 fully saturated rings. The molecule has 0 spiro atoms. The highest BCUT2D eigenvalue weighted by molar-refractivity contribution is 5.81. The SMILES string of the molecule is CCC1C(CCC(=O)Cc2ccc(C)cc2)=CC=C1COc1ccc(C)cc1. The molecule has 0 aromatic heterocycles. The van der Waals surface area contributed by atoms with Gasteiger partial charge in [-0.25, -0.2) is 0 Å². The van der Waals surface area contributed by atoms with Gasteiger partial charge in [0, 0.05) is 18.8 Å². The largest absolute Gasteiger partial charge is 0.489 e. The third-order valence-electron chi connectivity index (χ3n) is 5.46. The van der Waals surface area contributed by atoms with Crippen LogP contribution in [0.2, 0.25) is 0 Å². The van der Waals surface area contributed by atoms with Crippen LogP contribution in [0.25, 0.3) is 0 Å². The first-order valence-corrected chi connectivity index (χ1v) is 10.2. The van der Waals surface area contributed by atoms with Crippen LogP contribution in [-0.2, 0) is 11.2 Å². The third kappa shape index (κ3) is 5.45. The molecule has 0 radical (unpaired) electrons. The van der Waals surface area contributed by atoms with Crippen LogP contribution < -0.4 is 4.74 Å². The fourth-order valence-corrected chi connectivity index (χ4v) is 3.72. The highest BCUT2D eigenvalue weighted by Crippen LogP contribution is 2.33. The molecule has 1 aliphatic carbocycles. The van der Waals surface area contributed by atoms with E-state index in [0.29, 0.717) is 31.1 Å². The Labute approximate surface area is 168 Å². The van der Waals surface area contributed by atoms with Gasteiger partial charge in [0.05, 0.1) is 0 Å². The molecule has 2 aromatic carbocycles. The zero-order valence-corrected chi connectivity index (χ0v) is 17.2. The van der Waals surface area contributed by atoms with Gasteiger partial charge in [0.15, 0.2) is 0 Å². The van der Waals surface area contributed by atoms with Gasteiger partial charge < -0.3 is 4.74 Å². The number of Topliss-reactive ketones (excluding diaryl/α,β-unsaturated/α-hetero) is 1. The van der Waals surface area contributed by atoms with Crippen LogP contribution in [0.1, 0.15) is 42.9 Å². The number of carbonyl (C=O) groups excluding carboxylic acids is 1. The summed E-state index contributed by atoms with van der Waals surface area (Å²) in [6.07, 6.45) is 7.40. The summed E-state index contributed by atoms with van der Waals surface area (Å²) < 4.78 is 5.97. The maximum Gasteiger partial charge on any atom is 0.137 e. The topological polar surface area (TPSA) is 26.3 Å². The normalized spacial score (nSPS) is 15.9. The van der Waals surface area contributed by atoms with Crippen molar-refractivity contribution in [3.8, 4) is 5.75 Å². The molecule has 0 saturated heterocycles. The van der Waals surface area contributed by atoms with Crippen molar-refractivity contribution in [2.24, 2.45) is 5.92 Å². The smallest absolute Gasteiger partial charge is 0.137 e. The second kappa shape index (κ2) is 9.54. The summed E-state index contributed by atoms with van der Waals surface area (Å²) in [5, 5.41) is 0. The molecular weight excluding hydrogens is 344 g/mol. The molecule has 3 rings (SSSR count). The van der Waals surface area contributed by atoms with Crippen LogP contribution in [0, 0.1) is 19.8 Å². The molecule has 0 saturated carbocycles. The van der Waals surface area contributed by atoms with E-state index >= 15 is 0 Å². The number of hydrogen-bond acceptors (Lipinski definition) is 2. The zero-order chi connectivity index (χ0) is 19.9. The Bertz CT molecular complexity index is 854. The van der Waals surface area contributed by atoms with E-state index in [1.165, 1.54) is 22.3 Å². The zero-order valence-electron chi connectivity index (χ0n) is 17.2. The highest BCUT2D eigenvalue weighted by atomic mass is 16.5. The molecule has 1 atom stereocenters. The van der Waals surface area contributed by atoms with Crippen LogP contribution in [0.4, 0.5) is 0 Å². The lowest BCUT2D eigenvalue weighted by atomic mass is 9.89. The Kier molecular flexibility index (Phi) is 6.86. The summed E-state index contributed by atoms with van der Waals surface area (Å²) >= 11 is 0. The molecule has 1 unspecified atom stereocenters. The van der Waals surface area contributed by atoms with Gasteiger partial charge in [0.1, 0.15) is 18.1 Å². The lowest BCUT2D eigenvalue weighted by Gasteiger charge is -2.18. The highest BCUT2D eigenvalue weighted by Gasteiger charge is 2.22. The van der Waals surface area contributed by atoms with Crippen LogP contribution in [0.15, 0.2) is 71.8 Å². The number of hydrogen-bond donors (Lipinski definition) is 0. The van der Waals surface area contributed by atoms with Crippen LogP contribution in [-0.4, -0.2) is 12.4 Å². The number of ketones is 1. The van der Waals surface area contributed by atoms with Gasteiger partial charge in [-0.2, -0.15) is 0 Å². The number of rotatable bonds is 9. The van der Waals surface area contributed by atoms with Crippen molar-refractivity contribution in [1.29, 1.82) is 0 Å². The van der Waals surface area contributed by atoms with Gasteiger partial charge in [0.2, 0.25) is 0 Å². The first-order valence-electron chi connectivity index (χ1n) is 10.2. The minimum absolute atomic E-state index is 0.309. The van der Waals surface area contributed by atoms with E-state index in [-0.39, 0.29) is 0 Å². The number of ether oxygens (including phenoxy) is 1. The standard InChI is InChI=1S/C26H30O2/c1-4-26-22(13-14-24(27)17-21-9-5-19(2)6-10-21)11-12-23(26)18-28-25-15-7-20(3)8-16-25/h5-12,15-16,26H,4,13-14,17-18H2,1-3H3.